The number of amides is 1. The molecule has 1 saturated heterocycles. The fourth-order valence-electron chi connectivity index (χ4n) is 2.05. The first-order valence-corrected chi connectivity index (χ1v) is 6.36. The maximum atomic E-state index is 12.0. The fraction of sp³-hybridized carbons (Fsp3) is 0.833. The molecule has 1 heterocycles. The van der Waals surface area contributed by atoms with Crippen LogP contribution < -0.4 is 0 Å². The Kier molecular flexibility index (Phi) is 4.26. The number of hydrogen-bond donors (Lipinski definition) is 0. The molecule has 17 heavy (non-hydrogen) atoms. The quantitative estimate of drug-likeness (QED) is 0.716. The highest BCUT2D eigenvalue weighted by Gasteiger charge is 2.45. The molecule has 1 amide bonds. The summed E-state index contributed by atoms with van der Waals surface area (Å²) in [6, 6.07) is 2.24. The van der Waals surface area contributed by atoms with Crippen molar-refractivity contribution in [2.24, 2.45) is 0 Å². The van der Waals surface area contributed by atoms with E-state index >= 15 is 0 Å². The molecule has 1 rings (SSSR count). The van der Waals surface area contributed by atoms with Crippen LogP contribution in [-0.2, 0) is 4.74 Å². The standard InChI is InChI=1S/C12H19ClN2O2/c1-11(2,3)17-10(16)15-8-4-5-12(15,9-14)6-7-13/h4-8H2,1-3H3. The number of halogens is 1. The van der Waals surface area contributed by atoms with Crippen LogP contribution >= 0.6 is 11.6 Å². The van der Waals surface area contributed by atoms with Gasteiger partial charge in [0.2, 0.25) is 0 Å². The molecule has 1 unspecified atom stereocenters. The van der Waals surface area contributed by atoms with Crippen molar-refractivity contribution in [3.05, 3.63) is 0 Å². The largest absolute Gasteiger partial charge is 0.444 e. The molecular formula is C12H19ClN2O2. The molecule has 0 aliphatic carbocycles. The highest BCUT2D eigenvalue weighted by atomic mass is 35.5. The van der Waals surface area contributed by atoms with E-state index in [1.807, 2.05) is 20.8 Å². The number of carbonyl (C=O) groups is 1. The number of ether oxygens (including phenoxy) is 1. The van der Waals surface area contributed by atoms with Gasteiger partial charge < -0.3 is 4.74 Å². The minimum atomic E-state index is -0.774. The number of nitrogens with zero attached hydrogens (tertiary/aromatic N) is 2. The topological polar surface area (TPSA) is 53.3 Å². The molecule has 0 bridgehead atoms. The summed E-state index contributed by atoms with van der Waals surface area (Å²) < 4.78 is 5.32. The summed E-state index contributed by atoms with van der Waals surface area (Å²) in [5.74, 6) is 0.368. The molecule has 0 radical (unpaired) electrons. The second-order valence-electron chi connectivity index (χ2n) is 5.32. The Hall–Kier alpha value is -0.950. The van der Waals surface area contributed by atoms with Crippen LogP contribution in [0.2, 0.25) is 0 Å². The second-order valence-corrected chi connectivity index (χ2v) is 5.70. The van der Waals surface area contributed by atoms with Gasteiger partial charge in [-0.1, -0.05) is 0 Å². The van der Waals surface area contributed by atoms with Crippen molar-refractivity contribution in [1.82, 2.24) is 4.90 Å². The molecule has 1 atom stereocenters. The Morgan fingerprint density at radius 1 is 1.59 bits per heavy atom. The maximum Gasteiger partial charge on any atom is 0.411 e. The summed E-state index contributed by atoms with van der Waals surface area (Å²) in [5, 5.41) is 9.31. The Morgan fingerprint density at radius 2 is 2.24 bits per heavy atom. The normalized spacial score (nSPS) is 24.5. The zero-order valence-electron chi connectivity index (χ0n) is 10.6. The van der Waals surface area contributed by atoms with E-state index in [0.717, 1.165) is 6.42 Å². The zero-order valence-corrected chi connectivity index (χ0v) is 11.4. The third-order valence-corrected chi connectivity index (χ3v) is 3.01. The van der Waals surface area contributed by atoms with Gasteiger partial charge in [0.05, 0.1) is 6.07 Å². The summed E-state index contributed by atoms with van der Waals surface area (Å²) in [6.45, 7) is 6.02. The van der Waals surface area contributed by atoms with Crippen molar-refractivity contribution in [1.29, 1.82) is 5.26 Å². The van der Waals surface area contributed by atoms with Crippen LogP contribution in [0.5, 0.6) is 0 Å². The lowest BCUT2D eigenvalue weighted by molar-refractivity contribution is 0.0153. The Morgan fingerprint density at radius 3 is 2.71 bits per heavy atom. The molecule has 0 aromatic carbocycles. The third kappa shape index (κ3) is 3.26. The molecule has 4 nitrogen and oxygen atoms in total. The molecule has 1 aliphatic heterocycles. The summed E-state index contributed by atoms with van der Waals surface area (Å²) in [5.41, 5.74) is -1.31. The van der Waals surface area contributed by atoms with Gasteiger partial charge >= 0.3 is 6.09 Å². The van der Waals surface area contributed by atoms with Crippen molar-refractivity contribution in [3.8, 4) is 6.07 Å². The first kappa shape index (κ1) is 14.1. The molecule has 0 N–H and O–H groups in total. The van der Waals surface area contributed by atoms with Gasteiger partial charge in [-0.15, -0.1) is 11.6 Å². The van der Waals surface area contributed by atoms with Crippen LogP contribution in [0, 0.1) is 11.3 Å². The van der Waals surface area contributed by atoms with E-state index in [1.165, 1.54) is 4.90 Å². The first-order valence-electron chi connectivity index (χ1n) is 5.82. The van der Waals surface area contributed by atoms with E-state index < -0.39 is 17.2 Å². The lowest BCUT2D eigenvalue weighted by atomic mass is 9.95. The SMILES string of the molecule is CC(C)(C)OC(=O)N1CCCC1(C#N)CCCl. The van der Waals surface area contributed by atoms with Gasteiger partial charge in [0.1, 0.15) is 11.1 Å². The van der Waals surface area contributed by atoms with E-state index in [0.29, 0.717) is 25.3 Å². The molecule has 0 aromatic rings. The number of carbonyl (C=O) groups excluding carboxylic acids is 1. The van der Waals surface area contributed by atoms with Crippen molar-refractivity contribution < 1.29 is 9.53 Å². The summed E-state index contributed by atoms with van der Waals surface area (Å²) in [7, 11) is 0. The number of alkyl halides is 1. The molecule has 0 saturated carbocycles. The minimum absolute atomic E-state index is 0.368. The van der Waals surface area contributed by atoms with Gasteiger partial charge in [0.15, 0.2) is 0 Å². The Bertz CT molecular complexity index is 332. The average molecular weight is 259 g/mol. The Balaban J connectivity index is 2.82. The van der Waals surface area contributed by atoms with Crippen LogP contribution in [0.4, 0.5) is 4.79 Å². The summed E-state index contributed by atoms with van der Waals surface area (Å²) in [6.07, 6.45) is 1.57. The highest BCUT2D eigenvalue weighted by Crippen LogP contribution is 2.33. The fourth-order valence-corrected chi connectivity index (χ4v) is 2.36. The van der Waals surface area contributed by atoms with Crippen molar-refractivity contribution >= 4 is 17.7 Å². The van der Waals surface area contributed by atoms with E-state index in [2.05, 4.69) is 6.07 Å². The maximum absolute atomic E-state index is 12.0. The van der Waals surface area contributed by atoms with E-state index in [1.54, 1.807) is 0 Å². The zero-order chi connectivity index (χ0) is 13.1. The number of nitriles is 1. The van der Waals surface area contributed by atoms with Crippen molar-refractivity contribution in [3.63, 3.8) is 0 Å². The van der Waals surface area contributed by atoms with Crippen LogP contribution in [0.25, 0.3) is 0 Å². The minimum Gasteiger partial charge on any atom is -0.444 e. The number of likely N-dealkylation sites (tertiary alicyclic amines) is 1. The van der Waals surface area contributed by atoms with Crippen LogP contribution in [0.15, 0.2) is 0 Å². The molecule has 5 heteroatoms. The molecule has 0 aromatic heterocycles. The average Bonchev–Trinajstić information content (AvgIpc) is 2.60. The summed E-state index contributed by atoms with van der Waals surface area (Å²) >= 11 is 5.72. The van der Waals surface area contributed by atoms with Gasteiger partial charge in [-0.3, -0.25) is 4.90 Å². The molecule has 1 fully saturated rings. The van der Waals surface area contributed by atoms with Crippen LogP contribution in [0.1, 0.15) is 40.0 Å². The van der Waals surface area contributed by atoms with E-state index in [4.69, 9.17) is 16.3 Å². The third-order valence-electron chi connectivity index (χ3n) is 2.82. The van der Waals surface area contributed by atoms with Crippen molar-refractivity contribution in [2.75, 3.05) is 12.4 Å². The van der Waals surface area contributed by atoms with Gasteiger partial charge in [-0.2, -0.15) is 5.26 Å². The van der Waals surface area contributed by atoms with E-state index in [-0.39, 0.29) is 0 Å². The van der Waals surface area contributed by atoms with Crippen LogP contribution in [-0.4, -0.2) is 34.6 Å². The Labute approximate surface area is 107 Å². The monoisotopic (exact) mass is 258 g/mol. The molecule has 0 spiro atoms. The first-order chi connectivity index (χ1) is 7.84. The van der Waals surface area contributed by atoms with Gasteiger partial charge in [-0.05, 0) is 40.0 Å². The van der Waals surface area contributed by atoms with Gasteiger partial charge in [0, 0.05) is 12.4 Å². The molecule has 96 valence electrons. The smallest absolute Gasteiger partial charge is 0.411 e. The van der Waals surface area contributed by atoms with Gasteiger partial charge in [-0.25, -0.2) is 4.79 Å². The lowest BCUT2D eigenvalue weighted by Gasteiger charge is -2.33. The number of hydrogen-bond acceptors (Lipinski definition) is 3. The number of rotatable bonds is 2. The predicted molar refractivity (Wildman–Crippen MR) is 65.9 cm³/mol. The second kappa shape index (κ2) is 5.14. The molecule has 1 aliphatic rings. The predicted octanol–water partition coefficient (Wildman–Crippen LogP) is 2.91. The van der Waals surface area contributed by atoms with Crippen molar-refractivity contribution in [2.45, 2.75) is 51.2 Å². The van der Waals surface area contributed by atoms with E-state index in [9.17, 15) is 10.1 Å². The molecular weight excluding hydrogens is 240 g/mol. The van der Waals surface area contributed by atoms with Crippen LogP contribution in [0.3, 0.4) is 0 Å². The summed E-state index contributed by atoms with van der Waals surface area (Å²) in [4.78, 5) is 13.5. The highest BCUT2D eigenvalue weighted by molar-refractivity contribution is 6.17. The van der Waals surface area contributed by atoms with Gasteiger partial charge in [0.25, 0.3) is 0 Å². The lowest BCUT2D eigenvalue weighted by Crippen LogP contribution is -2.48.